The van der Waals surface area contributed by atoms with Crippen LogP contribution in [-0.2, 0) is 21.8 Å². The SMILES string of the molecule is C[C@@H]1CN(CCNS(=O)(=O)c2cnn(C)c2)C[C@@H](C)O1. The Labute approximate surface area is 120 Å². The van der Waals surface area contributed by atoms with Crippen LogP contribution < -0.4 is 4.72 Å². The van der Waals surface area contributed by atoms with Gasteiger partial charge in [0.2, 0.25) is 10.0 Å². The molecule has 7 nitrogen and oxygen atoms in total. The molecule has 0 spiro atoms. The molecule has 0 amide bonds. The molecule has 1 N–H and O–H groups in total. The van der Waals surface area contributed by atoms with Crippen molar-refractivity contribution in [2.75, 3.05) is 26.2 Å². The monoisotopic (exact) mass is 302 g/mol. The number of hydrogen-bond donors (Lipinski definition) is 1. The summed E-state index contributed by atoms with van der Waals surface area (Å²) in [7, 11) is -1.77. The fourth-order valence-corrected chi connectivity index (χ4v) is 3.43. The van der Waals surface area contributed by atoms with Crippen molar-refractivity contribution in [3.05, 3.63) is 12.4 Å². The summed E-state index contributed by atoms with van der Waals surface area (Å²) in [5.74, 6) is 0. The zero-order valence-corrected chi connectivity index (χ0v) is 12.9. The Kier molecular flexibility index (Phi) is 4.79. The van der Waals surface area contributed by atoms with Crippen molar-refractivity contribution in [3.8, 4) is 0 Å². The summed E-state index contributed by atoms with van der Waals surface area (Å²) in [5.41, 5.74) is 0. The summed E-state index contributed by atoms with van der Waals surface area (Å²) < 4.78 is 33.7. The molecule has 8 heteroatoms. The van der Waals surface area contributed by atoms with Crippen LogP contribution in [0.4, 0.5) is 0 Å². The molecule has 0 aromatic carbocycles. The van der Waals surface area contributed by atoms with E-state index in [4.69, 9.17) is 4.74 Å². The van der Waals surface area contributed by atoms with E-state index in [-0.39, 0.29) is 17.1 Å². The number of nitrogens with one attached hydrogen (secondary N) is 1. The molecule has 2 heterocycles. The largest absolute Gasteiger partial charge is 0.373 e. The summed E-state index contributed by atoms with van der Waals surface area (Å²) in [6.45, 7) is 6.79. The van der Waals surface area contributed by atoms with Crippen molar-refractivity contribution in [1.29, 1.82) is 0 Å². The number of aromatic nitrogens is 2. The van der Waals surface area contributed by atoms with E-state index in [1.54, 1.807) is 7.05 Å². The van der Waals surface area contributed by atoms with E-state index in [0.29, 0.717) is 13.1 Å². The molecule has 1 aromatic rings. The van der Waals surface area contributed by atoms with Crippen molar-refractivity contribution >= 4 is 10.0 Å². The highest BCUT2D eigenvalue weighted by molar-refractivity contribution is 7.89. The first-order valence-corrected chi connectivity index (χ1v) is 8.21. The van der Waals surface area contributed by atoms with Gasteiger partial charge in [-0.2, -0.15) is 5.10 Å². The predicted octanol–water partition coefficient (Wildman–Crippen LogP) is -0.192. The first-order chi connectivity index (χ1) is 9.37. The van der Waals surface area contributed by atoms with Gasteiger partial charge in [0.25, 0.3) is 0 Å². The van der Waals surface area contributed by atoms with Crippen LogP contribution in [0.15, 0.2) is 17.3 Å². The third-order valence-electron chi connectivity index (χ3n) is 3.21. The average Bonchev–Trinajstić information content (AvgIpc) is 2.75. The fourth-order valence-electron chi connectivity index (χ4n) is 2.43. The number of aryl methyl sites for hydroxylation is 1. The normalized spacial score (nSPS) is 24.9. The maximum absolute atomic E-state index is 12.0. The molecule has 1 aliphatic heterocycles. The molecule has 20 heavy (non-hydrogen) atoms. The molecule has 2 rings (SSSR count). The highest BCUT2D eigenvalue weighted by Gasteiger charge is 2.22. The van der Waals surface area contributed by atoms with Gasteiger partial charge < -0.3 is 4.74 Å². The molecular formula is C12H22N4O3S. The second kappa shape index (κ2) is 6.21. The third kappa shape index (κ3) is 4.02. The minimum absolute atomic E-state index is 0.189. The Bertz CT molecular complexity index is 533. The molecule has 1 saturated heterocycles. The van der Waals surface area contributed by atoms with Crippen LogP contribution >= 0.6 is 0 Å². The van der Waals surface area contributed by atoms with Gasteiger partial charge in [0, 0.05) is 39.4 Å². The van der Waals surface area contributed by atoms with Crippen LogP contribution in [-0.4, -0.2) is 61.5 Å². The van der Waals surface area contributed by atoms with E-state index in [1.165, 1.54) is 17.1 Å². The molecule has 0 aliphatic carbocycles. The van der Waals surface area contributed by atoms with Crippen molar-refractivity contribution in [2.45, 2.75) is 31.0 Å². The second-order valence-corrected chi connectivity index (χ2v) is 7.03. The van der Waals surface area contributed by atoms with Crippen molar-refractivity contribution < 1.29 is 13.2 Å². The Morgan fingerprint density at radius 3 is 2.60 bits per heavy atom. The lowest BCUT2D eigenvalue weighted by atomic mass is 10.2. The van der Waals surface area contributed by atoms with Crippen LogP contribution in [0.2, 0.25) is 0 Å². The Morgan fingerprint density at radius 1 is 1.40 bits per heavy atom. The lowest BCUT2D eigenvalue weighted by molar-refractivity contribution is -0.0671. The molecule has 1 aromatic heterocycles. The van der Waals surface area contributed by atoms with Gasteiger partial charge in [-0.15, -0.1) is 0 Å². The van der Waals surface area contributed by atoms with Gasteiger partial charge in [-0.3, -0.25) is 9.58 Å². The number of nitrogens with zero attached hydrogens (tertiary/aromatic N) is 3. The van der Waals surface area contributed by atoms with Gasteiger partial charge in [-0.25, -0.2) is 13.1 Å². The van der Waals surface area contributed by atoms with E-state index in [2.05, 4.69) is 14.7 Å². The third-order valence-corrected chi connectivity index (χ3v) is 4.62. The Hall–Kier alpha value is -0.960. The maximum Gasteiger partial charge on any atom is 0.243 e. The zero-order valence-electron chi connectivity index (χ0n) is 12.1. The molecule has 0 bridgehead atoms. The van der Waals surface area contributed by atoms with Crippen LogP contribution in [0, 0.1) is 0 Å². The highest BCUT2D eigenvalue weighted by Crippen LogP contribution is 2.10. The molecule has 0 unspecified atom stereocenters. The molecule has 1 aliphatic rings. The van der Waals surface area contributed by atoms with E-state index < -0.39 is 10.0 Å². The highest BCUT2D eigenvalue weighted by atomic mass is 32.2. The standard InChI is InChI=1S/C12H22N4O3S/c1-10-7-16(8-11(2)19-10)5-4-14-20(17,18)12-6-13-15(3)9-12/h6,9-11,14H,4-5,7-8H2,1-3H3/t10-,11-/m1/s1. The molecule has 114 valence electrons. The summed E-state index contributed by atoms with van der Waals surface area (Å²) >= 11 is 0. The number of sulfonamides is 1. The van der Waals surface area contributed by atoms with Crippen molar-refractivity contribution in [2.24, 2.45) is 7.05 Å². The minimum Gasteiger partial charge on any atom is -0.373 e. The Balaban J connectivity index is 1.83. The predicted molar refractivity (Wildman–Crippen MR) is 74.8 cm³/mol. The van der Waals surface area contributed by atoms with E-state index in [1.807, 2.05) is 13.8 Å². The van der Waals surface area contributed by atoms with Crippen LogP contribution in [0.3, 0.4) is 0 Å². The zero-order chi connectivity index (χ0) is 14.8. The van der Waals surface area contributed by atoms with Gasteiger partial charge in [0.1, 0.15) is 4.90 Å². The van der Waals surface area contributed by atoms with E-state index in [0.717, 1.165) is 13.1 Å². The van der Waals surface area contributed by atoms with Crippen LogP contribution in [0.5, 0.6) is 0 Å². The van der Waals surface area contributed by atoms with Crippen LogP contribution in [0.1, 0.15) is 13.8 Å². The van der Waals surface area contributed by atoms with Crippen molar-refractivity contribution in [1.82, 2.24) is 19.4 Å². The lowest BCUT2D eigenvalue weighted by Gasteiger charge is -2.35. The van der Waals surface area contributed by atoms with E-state index in [9.17, 15) is 8.42 Å². The molecule has 0 saturated carbocycles. The van der Waals surface area contributed by atoms with Gasteiger partial charge in [0.05, 0.1) is 18.4 Å². The molecule has 1 fully saturated rings. The van der Waals surface area contributed by atoms with Gasteiger partial charge in [0.15, 0.2) is 0 Å². The Morgan fingerprint density at radius 2 is 2.05 bits per heavy atom. The summed E-state index contributed by atoms with van der Waals surface area (Å²) in [5, 5.41) is 3.87. The fraction of sp³-hybridized carbons (Fsp3) is 0.750. The quantitative estimate of drug-likeness (QED) is 0.816. The topological polar surface area (TPSA) is 76.5 Å². The first kappa shape index (κ1) is 15.4. The average molecular weight is 302 g/mol. The molecule has 0 radical (unpaired) electrons. The van der Waals surface area contributed by atoms with Gasteiger partial charge >= 0.3 is 0 Å². The second-order valence-electron chi connectivity index (χ2n) is 5.26. The van der Waals surface area contributed by atoms with Crippen molar-refractivity contribution in [3.63, 3.8) is 0 Å². The molecule has 2 atom stereocenters. The summed E-state index contributed by atoms with van der Waals surface area (Å²) in [4.78, 5) is 2.41. The maximum atomic E-state index is 12.0. The summed E-state index contributed by atoms with van der Waals surface area (Å²) in [6.07, 6.45) is 3.21. The van der Waals surface area contributed by atoms with Crippen LogP contribution in [0.25, 0.3) is 0 Å². The van der Waals surface area contributed by atoms with E-state index >= 15 is 0 Å². The minimum atomic E-state index is -3.46. The smallest absolute Gasteiger partial charge is 0.243 e. The lowest BCUT2D eigenvalue weighted by Crippen LogP contribution is -2.47. The van der Waals surface area contributed by atoms with Gasteiger partial charge in [-0.1, -0.05) is 0 Å². The number of rotatable bonds is 5. The summed E-state index contributed by atoms with van der Waals surface area (Å²) in [6, 6.07) is 0. The van der Waals surface area contributed by atoms with Gasteiger partial charge in [-0.05, 0) is 13.8 Å². The first-order valence-electron chi connectivity index (χ1n) is 6.73. The molecular weight excluding hydrogens is 280 g/mol. The number of ether oxygens (including phenoxy) is 1. The number of morpholine rings is 1. The number of hydrogen-bond acceptors (Lipinski definition) is 5.